The molecule has 1 aromatic carbocycles. The molecule has 1 heteroatoms. The molecule has 0 atom stereocenters. The zero-order valence-electron chi connectivity index (χ0n) is 8.55. The molecule has 13 heavy (non-hydrogen) atoms. The lowest BCUT2D eigenvalue weighted by atomic mass is 10.1. The van der Waals surface area contributed by atoms with Crippen LogP contribution in [0.2, 0.25) is 0 Å². The minimum absolute atomic E-state index is 0.672. The molecule has 0 heterocycles. The monoisotopic (exact) mass is 176 g/mol. The van der Waals surface area contributed by atoms with Gasteiger partial charge in [0.25, 0.3) is 0 Å². The number of hydrogen-bond acceptors (Lipinski definition) is 1. The average Bonchev–Trinajstić information content (AvgIpc) is 2.10. The van der Waals surface area contributed by atoms with Crippen molar-refractivity contribution in [1.82, 2.24) is 0 Å². The molecule has 1 nitrogen and oxygen atoms in total. The summed E-state index contributed by atoms with van der Waals surface area (Å²) in [7, 11) is 0. The first-order chi connectivity index (χ1) is 6.15. The van der Waals surface area contributed by atoms with Gasteiger partial charge in [-0.25, -0.2) is 0 Å². The highest BCUT2D eigenvalue weighted by atomic mass is 16.5. The molecule has 0 aliphatic heterocycles. The van der Waals surface area contributed by atoms with Crippen molar-refractivity contribution in [1.29, 1.82) is 0 Å². The van der Waals surface area contributed by atoms with Crippen LogP contribution in [0.3, 0.4) is 0 Å². The predicted molar refractivity (Wildman–Crippen MR) is 56.6 cm³/mol. The van der Waals surface area contributed by atoms with Crippen molar-refractivity contribution in [3.63, 3.8) is 0 Å². The molecule has 70 valence electrons. The van der Waals surface area contributed by atoms with Gasteiger partial charge in [-0.15, -0.1) is 0 Å². The van der Waals surface area contributed by atoms with Crippen LogP contribution in [-0.2, 0) is 4.74 Å². The fraction of sp³-hybridized carbons (Fsp3) is 0.333. The maximum absolute atomic E-state index is 5.33. The molecule has 0 spiro atoms. The Hall–Kier alpha value is -1.24. The number of benzene rings is 1. The lowest BCUT2D eigenvalue weighted by Crippen LogP contribution is -1.91. The molecular weight excluding hydrogens is 160 g/mol. The molecule has 0 aliphatic carbocycles. The number of rotatable bonds is 3. The molecule has 0 fully saturated rings. The molecule has 0 amide bonds. The van der Waals surface area contributed by atoms with Crippen molar-refractivity contribution in [3.8, 4) is 0 Å². The van der Waals surface area contributed by atoms with Crippen LogP contribution >= 0.6 is 0 Å². The average molecular weight is 176 g/mol. The van der Waals surface area contributed by atoms with E-state index in [-0.39, 0.29) is 0 Å². The van der Waals surface area contributed by atoms with Crippen molar-refractivity contribution in [2.45, 2.75) is 20.8 Å². The zero-order valence-corrected chi connectivity index (χ0v) is 8.55. The topological polar surface area (TPSA) is 9.23 Å². The highest BCUT2D eigenvalue weighted by Crippen LogP contribution is 2.17. The van der Waals surface area contributed by atoms with Crippen molar-refractivity contribution in [2.24, 2.45) is 0 Å². The van der Waals surface area contributed by atoms with Crippen LogP contribution in [0.15, 0.2) is 24.8 Å². The van der Waals surface area contributed by atoms with Gasteiger partial charge in [-0.05, 0) is 38.0 Å². The van der Waals surface area contributed by atoms with E-state index in [4.69, 9.17) is 4.74 Å². The van der Waals surface area contributed by atoms with Gasteiger partial charge in [-0.2, -0.15) is 0 Å². The van der Waals surface area contributed by atoms with Crippen LogP contribution in [0.1, 0.15) is 23.6 Å². The standard InChI is InChI=1S/C12H16O/c1-5-13-11(4)12-7-6-9(2)10(3)8-12/h6-8H,4-5H2,1-3H3. The summed E-state index contributed by atoms with van der Waals surface area (Å²) in [4.78, 5) is 0. The van der Waals surface area contributed by atoms with E-state index < -0.39 is 0 Å². The summed E-state index contributed by atoms with van der Waals surface area (Å²) in [6, 6.07) is 6.24. The van der Waals surface area contributed by atoms with Gasteiger partial charge in [0.2, 0.25) is 0 Å². The summed E-state index contributed by atoms with van der Waals surface area (Å²) >= 11 is 0. The molecule has 0 saturated carbocycles. The Morgan fingerprint density at radius 3 is 2.54 bits per heavy atom. The maximum atomic E-state index is 5.33. The van der Waals surface area contributed by atoms with Crippen LogP contribution in [0.25, 0.3) is 5.76 Å². The van der Waals surface area contributed by atoms with Gasteiger partial charge in [0.15, 0.2) is 0 Å². The van der Waals surface area contributed by atoms with Crippen LogP contribution in [-0.4, -0.2) is 6.61 Å². The summed E-state index contributed by atoms with van der Waals surface area (Å²) in [5.74, 6) is 0.755. The minimum Gasteiger partial charge on any atom is -0.494 e. The third-order valence-electron chi connectivity index (χ3n) is 2.15. The first-order valence-corrected chi connectivity index (χ1v) is 4.54. The highest BCUT2D eigenvalue weighted by Gasteiger charge is 2.00. The molecule has 1 aromatic rings. The second-order valence-corrected chi connectivity index (χ2v) is 3.16. The predicted octanol–water partition coefficient (Wildman–Crippen LogP) is 3.31. The van der Waals surface area contributed by atoms with Crippen molar-refractivity contribution in [3.05, 3.63) is 41.5 Å². The molecule has 0 saturated heterocycles. The Balaban J connectivity index is 2.90. The Kier molecular flexibility index (Phi) is 3.13. The molecule has 0 N–H and O–H groups in total. The molecule has 0 aliphatic rings. The minimum atomic E-state index is 0.672. The Bertz CT molecular complexity index is 313. The van der Waals surface area contributed by atoms with Crippen molar-refractivity contribution >= 4 is 5.76 Å². The smallest absolute Gasteiger partial charge is 0.119 e. The summed E-state index contributed by atoms with van der Waals surface area (Å²) in [6.45, 7) is 10.7. The second-order valence-electron chi connectivity index (χ2n) is 3.16. The lowest BCUT2D eigenvalue weighted by Gasteiger charge is -2.08. The molecule has 0 unspecified atom stereocenters. The number of hydrogen-bond donors (Lipinski definition) is 0. The molecule has 0 bridgehead atoms. The third kappa shape index (κ3) is 2.35. The molecule has 0 radical (unpaired) electrons. The lowest BCUT2D eigenvalue weighted by molar-refractivity contribution is 0.299. The van der Waals surface area contributed by atoms with Crippen molar-refractivity contribution < 1.29 is 4.74 Å². The molecule has 0 aromatic heterocycles. The summed E-state index contributed by atoms with van der Waals surface area (Å²) in [5, 5.41) is 0. The number of aryl methyl sites for hydroxylation is 2. The Morgan fingerprint density at radius 2 is 2.00 bits per heavy atom. The Labute approximate surface area is 80.0 Å². The van der Waals surface area contributed by atoms with Crippen LogP contribution in [0.4, 0.5) is 0 Å². The van der Waals surface area contributed by atoms with E-state index in [9.17, 15) is 0 Å². The van der Waals surface area contributed by atoms with E-state index in [0.717, 1.165) is 11.3 Å². The van der Waals surface area contributed by atoms with Crippen molar-refractivity contribution in [2.75, 3.05) is 6.61 Å². The van der Waals surface area contributed by atoms with Gasteiger partial charge < -0.3 is 4.74 Å². The summed E-state index contributed by atoms with van der Waals surface area (Å²) < 4.78 is 5.33. The third-order valence-corrected chi connectivity index (χ3v) is 2.15. The Morgan fingerprint density at radius 1 is 1.31 bits per heavy atom. The van der Waals surface area contributed by atoms with Crippen LogP contribution in [0.5, 0.6) is 0 Å². The van der Waals surface area contributed by atoms with Gasteiger partial charge in [0, 0.05) is 5.56 Å². The normalized spacial score (nSPS) is 9.77. The van der Waals surface area contributed by atoms with Gasteiger partial charge >= 0.3 is 0 Å². The fourth-order valence-electron chi connectivity index (χ4n) is 1.17. The maximum Gasteiger partial charge on any atom is 0.119 e. The van der Waals surface area contributed by atoms with E-state index in [1.54, 1.807) is 0 Å². The summed E-state index contributed by atoms with van der Waals surface area (Å²) in [5.41, 5.74) is 3.65. The van der Waals surface area contributed by atoms with Gasteiger partial charge in [0.1, 0.15) is 5.76 Å². The quantitative estimate of drug-likeness (QED) is 0.642. The van der Waals surface area contributed by atoms with E-state index in [1.165, 1.54) is 11.1 Å². The first-order valence-electron chi connectivity index (χ1n) is 4.54. The zero-order chi connectivity index (χ0) is 9.84. The van der Waals surface area contributed by atoms with Crippen LogP contribution < -0.4 is 0 Å². The highest BCUT2D eigenvalue weighted by molar-refractivity contribution is 5.58. The van der Waals surface area contributed by atoms with E-state index in [0.29, 0.717) is 6.61 Å². The van der Waals surface area contributed by atoms with E-state index in [1.807, 2.05) is 13.0 Å². The molecule has 1 rings (SSSR count). The summed E-state index contributed by atoms with van der Waals surface area (Å²) in [6.07, 6.45) is 0. The second kappa shape index (κ2) is 4.13. The number of ether oxygens (including phenoxy) is 1. The van der Waals surface area contributed by atoms with Crippen LogP contribution in [0, 0.1) is 13.8 Å². The van der Waals surface area contributed by atoms with Gasteiger partial charge in [-0.1, -0.05) is 18.7 Å². The van der Waals surface area contributed by atoms with E-state index in [2.05, 4.69) is 32.6 Å². The largest absolute Gasteiger partial charge is 0.494 e. The van der Waals surface area contributed by atoms with Gasteiger partial charge in [-0.3, -0.25) is 0 Å². The SMILES string of the molecule is C=C(OCC)c1ccc(C)c(C)c1. The first kappa shape index (κ1) is 9.85. The molecular formula is C12H16O. The fourth-order valence-corrected chi connectivity index (χ4v) is 1.17. The van der Waals surface area contributed by atoms with E-state index >= 15 is 0 Å². The van der Waals surface area contributed by atoms with Gasteiger partial charge in [0.05, 0.1) is 6.61 Å².